The van der Waals surface area contributed by atoms with E-state index >= 15 is 0 Å². The van der Waals surface area contributed by atoms with Crippen molar-refractivity contribution in [1.82, 2.24) is 0 Å². The summed E-state index contributed by atoms with van der Waals surface area (Å²) in [6.45, 7) is 0. The highest BCUT2D eigenvalue weighted by Crippen LogP contribution is 2.51. The molecule has 0 aliphatic heterocycles. The van der Waals surface area contributed by atoms with E-state index in [1.807, 2.05) is 0 Å². The minimum absolute atomic E-state index is 0.0587. The molecule has 5 heteroatoms. The van der Waals surface area contributed by atoms with Crippen molar-refractivity contribution in [3.8, 4) is 0 Å². The predicted octanol–water partition coefficient (Wildman–Crippen LogP) is 2.02. The van der Waals surface area contributed by atoms with Crippen molar-refractivity contribution in [3.63, 3.8) is 0 Å². The van der Waals surface area contributed by atoms with Crippen molar-refractivity contribution in [2.45, 2.75) is 37.4 Å². The van der Waals surface area contributed by atoms with Crippen molar-refractivity contribution in [3.05, 3.63) is 0 Å². The van der Waals surface area contributed by atoms with E-state index in [4.69, 9.17) is 0 Å². The maximum absolute atomic E-state index is 12.9. The molecule has 0 heterocycles. The minimum Gasteiger partial charge on any atom is -0.226 e. The molecule has 3 atom stereocenters. The third-order valence-corrected chi connectivity index (χ3v) is 4.38. The molecular weight excluding hydrogens is 210 g/mol. The van der Waals surface area contributed by atoms with Gasteiger partial charge >= 0.3 is 5.25 Å². The number of alkyl halides is 2. The molecule has 2 rings (SSSR count). The molecule has 0 radical (unpaired) electrons. The van der Waals surface area contributed by atoms with Crippen molar-refractivity contribution in [2.75, 3.05) is 0 Å². The van der Waals surface area contributed by atoms with E-state index in [2.05, 4.69) is 0 Å². The third kappa shape index (κ3) is 1.78. The van der Waals surface area contributed by atoms with Gasteiger partial charge in [0.1, 0.15) is 0 Å². The topological polar surface area (TPSA) is 34.1 Å². The molecule has 2 aliphatic rings. The summed E-state index contributed by atoms with van der Waals surface area (Å²) in [6, 6.07) is 0. The Hall–Kier alpha value is -0.190. The fourth-order valence-corrected chi connectivity index (χ4v) is 3.40. The zero-order valence-corrected chi connectivity index (χ0v) is 8.68. The first-order valence-corrected chi connectivity index (χ1v) is 6.19. The molecule has 14 heavy (non-hydrogen) atoms. The summed E-state index contributed by atoms with van der Waals surface area (Å²) >= 11 is 0. The molecule has 2 saturated carbocycles. The molecule has 0 saturated heterocycles. The number of hydrogen-bond acceptors (Lipinski definition) is 2. The Balaban J connectivity index is 1.99. The summed E-state index contributed by atoms with van der Waals surface area (Å²) in [7, 11) is -3.60. The van der Waals surface area contributed by atoms with Gasteiger partial charge in [0.05, 0.1) is 0 Å². The highest BCUT2D eigenvalue weighted by Gasteiger charge is 2.45. The van der Waals surface area contributed by atoms with Gasteiger partial charge in [0.25, 0.3) is 0 Å². The first-order valence-electron chi connectivity index (χ1n) is 5.01. The van der Waals surface area contributed by atoms with E-state index in [1.54, 1.807) is 0 Å². The SMILES string of the molecule is O=[SH](=O)C(F)(F)CC1CC2CCC1C2. The molecule has 0 aromatic heterocycles. The molecule has 0 spiro atoms. The Kier molecular flexibility index (Phi) is 2.53. The van der Waals surface area contributed by atoms with Gasteiger partial charge in [-0.15, -0.1) is 0 Å². The Morgan fingerprint density at radius 3 is 2.36 bits per heavy atom. The van der Waals surface area contributed by atoms with Crippen LogP contribution in [0.1, 0.15) is 32.1 Å². The largest absolute Gasteiger partial charge is 0.343 e. The molecule has 2 fully saturated rings. The van der Waals surface area contributed by atoms with Crippen LogP contribution in [0.25, 0.3) is 0 Å². The lowest BCUT2D eigenvalue weighted by Gasteiger charge is -2.23. The Morgan fingerprint density at radius 1 is 1.21 bits per heavy atom. The Labute approximate surface area is 83.6 Å². The average Bonchev–Trinajstić information content (AvgIpc) is 2.63. The highest BCUT2D eigenvalue weighted by molar-refractivity contribution is 7.73. The standard InChI is InChI=1S/C9H14F2O2S/c10-9(11,14(12)13)5-8-4-6-1-2-7(8)3-6/h6-8,14H,1-5H2. The Bertz CT molecular complexity index is 293. The van der Waals surface area contributed by atoms with Crippen LogP contribution in [-0.2, 0) is 10.7 Å². The second-order valence-corrected chi connectivity index (χ2v) is 5.73. The first kappa shape index (κ1) is 10.3. The average molecular weight is 224 g/mol. The van der Waals surface area contributed by atoms with E-state index in [-0.39, 0.29) is 5.92 Å². The first-order chi connectivity index (χ1) is 6.49. The molecule has 2 bridgehead atoms. The molecule has 0 N–H and O–H groups in total. The van der Waals surface area contributed by atoms with Gasteiger partial charge < -0.3 is 0 Å². The molecule has 0 aromatic carbocycles. The number of hydrogen-bond donors (Lipinski definition) is 1. The van der Waals surface area contributed by atoms with Gasteiger partial charge in [-0.25, -0.2) is 8.42 Å². The molecule has 0 amide bonds. The fraction of sp³-hybridized carbons (Fsp3) is 1.00. The predicted molar refractivity (Wildman–Crippen MR) is 48.8 cm³/mol. The van der Waals surface area contributed by atoms with Gasteiger partial charge in [-0.1, -0.05) is 6.42 Å². The van der Waals surface area contributed by atoms with Gasteiger partial charge in [-0.3, -0.25) is 0 Å². The van der Waals surface area contributed by atoms with Gasteiger partial charge in [0, 0.05) is 6.42 Å². The van der Waals surface area contributed by atoms with Crippen LogP contribution in [0.5, 0.6) is 0 Å². The normalized spacial score (nSPS) is 36.9. The summed E-state index contributed by atoms with van der Waals surface area (Å²) in [4.78, 5) is 0. The summed E-state index contributed by atoms with van der Waals surface area (Å²) in [5.74, 6) is 0.891. The van der Waals surface area contributed by atoms with Gasteiger partial charge in [-0.05, 0) is 37.0 Å². The lowest BCUT2D eigenvalue weighted by Crippen LogP contribution is -2.25. The van der Waals surface area contributed by atoms with Crippen LogP contribution >= 0.6 is 0 Å². The van der Waals surface area contributed by atoms with Gasteiger partial charge in [0.2, 0.25) is 10.7 Å². The van der Waals surface area contributed by atoms with Crippen molar-refractivity contribution in [1.29, 1.82) is 0 Å². The van der Waals surface area contributed by atoms with E-state index in [0.717, 1.165) is 25.7 Å². The minimum atomic E-state index is -3.60. The smallest absolute Gasteiger partial charge is 0.226 e. The molecule has 82 valence electrons. The lowest BCUT2D eigenvalue weighted by atomic mass is 9.86. The maximum atomic E-state index is 12.9. The molecule has 2 nitrogen and oxygen atoms in total. The van der Waals surface area contributed by atoms with Gasteiger partial charge in [-0.2, -0.15) is 8.78 Å². The van der Waals surface area contributed by atoms with Crippen LogP contribution in [0.4, 0.5) is 8.78 Å². The van der Waals surface area contributed by atoms with Crippen LogP contribution in [-0.4, -0.2) is 13.7 Å². The number of thiol groups is 1. The summed E-state index contributed by atoms with van der Waals surface area (Å²) in [6.07, 6.45) is 3.56. The summed E-state index contributed by atoms with van der Waals surface area (Å²) in [5.41, 5.74) is 0. The molecular formula is C9H14F2O2S. The Morgan fingerprint density at radius 2 is 1.93 bits per heavy atom. The van der Waals surface area contributed by atoms with Crippen molar-refractivity contribution in [2.24, 2.45) is 17.8 Å². The van der Waals surface area contributed by atoms with Crippen LogP contribution in [0.2, 0.25) is 0 Å². The number of halogens is 2. The van der Waals surface area contributed by atoms with Crippen LogP contribution in [0.3, 0.4) is 0 Å². The van der Waals surface area contributed by atoms with Crippen molar-refractivity contribution >= 4 is 10.7 Å². The van der Waals surface area contributed by atoms with Crippen LogP contribution in [0.15, 0.2) is 0 Å². The quantitative estimate of drug-likeness (QED) is 0.744. The number of fused-ring (bicyclic) bond motifs is 2. The fourth-order valence-electron chi connectivity index (χ4n) is 3.02. The number of rotatable bonds is 3. The lowest BCUT2D eigenvalue weighted by molar-refractivity contribution is 0.0549. The second kappa shape index (κ2) is 3.43. The van der Waals surface area contributed by atoms with Gasteiger partial charge in [0.15, 0.2) is 0 Å². The zero-order valence-electron chi connectivity index (χ0n) is 7.79. The maximum Gasteiger partial charge on any atom is 0.343 e. The monoisotopic (exact) mass is 224 g/mol. The third-order valence-electron chi connectivity index (χ3n) is 3.66. The molecule has 3 unspecified atom stereocenters. The van der Waals surface area contributed by atoms with E-state index < -0.39 is 22.4 Å². The van der Waals surface area contributed by atoms with E-state index in [9.17, 15) is 17.2 Å². The van der Waals surface area contributed by atoms with Crippen LogP contribution < -0.4 is 0 Å². The van der Waals surface area contributed by atoms with E-state index in [0.29, 0.717) is 11.8 Å². The second-order valence-electron chi connectivity index (χ2n) is 4.56. The van der Waals surface area contributed by atoms with E-state index in [1.165, 1.54) is 0 Å². The highest BCUT2D eigenvalue weighted by atomic mass is 32.2. The van der Waals surface area contributed by atoms with Crippen LogP contribution in [0, 0.1) is 17.8 Å². The summed E-state index contributed by atoms with van der Waals surface area (Å²) < 4.78 is 46.5. The molecule has 0 aromatic rings. The summed E-state index contributed by atoms with van der Waals surface area (Å²) in [5, 5.41) is -3.48. The molecule has 2 aliphatic carbocycles. The van der Waals surface area contributed by atoms with Crippen molar-refractivity contribution < 1.29 is 17.2 Å². The zero-order chi connectivity index (χ0) is 10.3.